The van der Waals surface area contributed by atoms with Gasteiger partial charge in [-0.05, 0) is 57.5 Å². The van der Waals surface area contributed by atoms with Gasteiger partial charge in [-0.1, -0.05) is 6.07 Å². The molecule has 1 saturated heterocycles. The van der Waals surface area contributed by atoms with E-state index < -0.39 is 0 Å². The second-order valence-corrected chi connectivity index (χ2v) is 8.24. The lowest BCUT2D eigenvalue weighted by atomic mass is 10.2. The van der Waals surface area contributed by atoms with Crippen molar-refractivity contribution < 1.29 is 9.53 Å². The van der Waals surface area contributed by atoms with E-state index in [2.05, 4.69) is 44.4 Å². The van der Waals surface area contributed by atoms with Crippen molar-refractivity contribution in [2.75, 3.05) is 23.3 Å². The van der Waals surface area contributed by atoms with Gasteiger partial charge in [0, 0.05) is 31.5 Å². The van der Waals surface area contributed by atoms with E-state index in [0.717, 1.165) is 41.7 Å². The highest BCUT2D eigenvalue weighted by atomic mass is 16.5. The number of carbonyl (C=O) groups is 1. The van der Waals surface area contributed by atoms with Gasteiger partial charge in [0.25, 0.3) is 0 Å². The molecule has 32 heavy (non-hydrogen) atoms. The summed E-state index contributed by atoms with van der Waals surface area (Å²) in [6.07, 6.45) is 3.75. The first-order valence-electron chi connectivity index (χ1n) is 10.8. The average molecular weight is 436 g/mol. The smallest absolute Gasteiger partial charge is 0.319 e. The predicted molar refractivity (Wildman–Crippen MR) is 123 cm³/mol. The Kier molecular flexibility index (Phi) is 6.36. The van der Waals surface area contributed by atoms with Gasteiger partial charge in [0.2, 0.25) is 0 Å². The molecule has 4 rings (SSSR count). The van der Waals surface area contributed by atoms with Crippen molar-refractivity contribution in [2.45, 2.75) is 46.4 Å². The van der Waals surface area contributed by atoms with Crippen LogP contribution in [0.15, 0.2) is 42.7 Å². The summed E-state index contributed by atoms with van der Waals surface area (Å²) in [5.74, 6) is 1.63. The van der Waals surface area contributed by atoms with Crippen molar-refractivity contribution in [1.82, 2.24) is 25.1 Å². The molecule has 0 spiro atoms. The Balaban J connectivity index is 1.29. The maximum atomic E-state index is 12.3. The number of nitrogens with zero attached hydrogens (tertiary/aromatic N) is 5. The van der Waals surface area contributed by atoms with Crippen LogP contribution in [-0.4, -0.2) is 51.1 Å². The molecule has 0 aliphatic carbocycles. The number of amides is 2. The number of hydrogen-bond acceptors (Lipinski definition) is 6. The second kappa shape index (κ2) is 9.35. The molecule has 0 saturated carbocycles. The Morgan fingerprint density at radius 2 is 1.78 bits per heavy atom. The van der Waals surface area contributed by atoms with Gasteiger partial charge in [-0.25, -0.2) is 19.4 Å². The van der Waals surface area contributed by atoms with E-state index in [4.69, 9.17) is 4.74 Å². The Labute approximate surface area is 187 Å². The minimum Gasteiger partial charge on any atom is -0.372 e. The highest BCUT2D eigenvalue weighted by Gasteiger charge is 2.23. The first-order chi connectivity index (χ1) is 15.4. The molecular weight excluding hydrogens is 406 g/mol. The summed E-state index contributed by atoms with van der Waals surface area (Å²) < 4.78 is 7.57. The summed E-state index contributed by atoms with van der Waals surface area (Å²) in [5.41, 5.74) is 3.51. The van der Waals surface area contributed by atoms with Gasteiger partial charge < -0.3 is 20.3 Å². The quantitative estimate of drug-likeness (QED) is 0.639. The van der Waals surface area contributed by atoms with Crippen LogP contribution in [0.1, 0.15) is 30.8 Å². The normalized spacial score (nSPS) is 18.4. The number of nitrogens with one attached hydrogen (secondary N) is 2. The van der Waals surface area contributed by atoms with E-state index in [-0.39, 0.29) is 18.2 Å². The van der Waals surface area contributed by atoms with Crippen LogP contribution in [0.4, 0.5) is 16.3 Å². The SMILES string of the molecule is Cc1cc(C)n(-c2ccc(CNC(=O)Nc3ccc(N4C[C@@H](C)O[C@H](C)C4)nc3)cn2)n1. The average Bonchev–Trinajstić information content (AvgIpc) is 3.10. The van der Waals surface area contributed by atoms with Crippen LogP contribution < -0.4 is 15.5 Å². The zero-order valence-electron chi connectivity index (χ0n) is 18.9. The molecule has 9 heteroatoms. The van der Waals surface area contributed by atoms with Gasteiger partial charge in [0.1, 0.15) is 5.82 Å². The van der Waals surface area contributed by atoms with E-state index in [1.165, 1.54) is 0 Å². The summed E-state index contributed by atoms with van der Waals surface area (Å²) in [5, 5.41) is 10.1. The molecule has 1 aliphatic rings. The Bertz CT molecular complexity index is 1050. The van der Waals surface area contributed by atoms with E-state index >= 15 is 0 Å². The van der Waals surface area contributed by atoms with Gasteiger partial charge in [0.15, 0.2) is 5.82 Å². The zero-order chi connectivity index (χ0) is 22.7. The third-order valence-corrected chi connectivity index (χ3v) is 5.24. The molecule has 1 aliphatic heterocycles. The first-order valence-corrected chi connectivity index (χ1v) is 10.8. The van der Waals surface area contributed by atoms with Crippen LogP contribution in [0.2, 0.25) is 0 Å². The summed E-state index contributed by atoms with van der Waals surface area (Å²) >= 11 is 0. The zero-order valence-corrected chi connectivity index (χ0v) is 18.9. The molecule has 2 atom stereocenters. The molecular formula is C23H29N7O2. The number of aryl methyl sites for hydroxylation is 2. The maximum Gasteiger partial charge on any atom is 0.319 e. The number of aromatic nitrogens is 4. The molecule has 9 nitrogen and oxygen atoms in total. The van der Waals surface area contributed by atoms with Gasteiger partial charge >= 0.3 is 6.03 Å². The molecule has 0 aromatic carbocycles. The third-order valence-electron chi connectivity index (χ3n) is 5.24. The molecule has 3 aromatic heterocycles. The third kappa shape index (κ3) is 5.23. The number of morpholine rings is 1. The van der Waals surface area contributed by atoms with E-state index in [1.807, 2.05) is 44.2 Å². The Morgan fingerprint density at radius 3 is 2.38 bits per heavy atom. The van der Waals surface area contributed by atoms with Crippen molar-refractivity contribution >= 4 is 17.5 Å². The molecule has 3 aromatic rings. The topological polar surface area (TPSA) is 97.2 Å². The highest BCUT2D eigenvalue weighted by Crippen LogP contribution is 2.19. The molecule has 168 valence electrons. The largest absolute Gasteiger partial charge is 0.372 e. The lowest BCUT2D eigenvalue weighted by molar-refractivity contribution is -0.00545. The van der Waals surface area contributed by atoms with Gasteiger partial charge in [-0.2, -0.15) is 5.10 Å². The fourth-order valence-electron chi connectivity index (χ4n) is 3.88. The maximum absolute atomic E-state index is 12.3. The fourth-order valence-corrected chi connectivity index (χ4v) is 3.88. The van der Waals surface area contributed by atoms with Crippen LogP contribution in [0.5, 0.6) is 0 Å². The molecule has 1 fully saturated rings. The number of hydrogen-bond donors (Lipinski definition) is 2. The lowest BCUT2D eigenvalue weighted by Crippen LogP contribution is -2.45. The lowest BCUT2D eigenvalue weighted by Gasteiger charge is -2.36. The highest BCUT2D eigenvalue weighted by molar-refractivity contribution is 5.89. The van der Waals surface area contributed by atoms with Crippen molar-refractivity contribution in [2.24, 2.45) is 0 Å². The predicted octanol–water partition coefficient (Wildman–Crippen LogP) is 3.21. The van der Waals surface area contributed by atoms with Crippen LogP contribution in [0.25, 0.3) is 5.82 Å². The number of ether oxygens (including phenoxy) is 1. The summed E-state index contributed by atoms with van der Waals surface area (Å²) in [4.78, 5) is 23.4. The Hall–Kier alpha value is -3.46. The number of urea groups is 1. The van der Waals surface area contributed by atoms with Crippen LogP contribution in [-0.2, 0) is 11.3 Å². The van der Waals surface area contributed by atoms with Gasteiger partial charge in [0.05, 0.1) is 29.8 Å². The minimum atomic E-state index is -0.296. The van der Waals surface area contributed by atoms with Crippen molar-refractivity contribution in [3.8, 4) is 5.82 Å². The Morgan fingerprint density at radius 1 is 1.06 bits per heavy atom. The van der Waals surface area contributed by atoms with Crippen LogP contribution in [0, 0.1) is 13.8 Å². The fraction of sp³-hybridized carbons (Fsp3) is 0.391. The monoisotopic (exact) mass is 435 g/mol. The van der Waals surface area contributed by atoms with E-state index in [0.29, 0.717) is 12.2 Å². The molecule has 0 radical (unpaired) electrons. The van der Waals surface area contributed by atoms with E-state index in [9.17, 15) is 4.79 Å². The summed E-state index contributed by atoms with van der Waals surface area (Å²) in [7, 11) is 0. The minimum absolute atomic E-state index is 0.167. The number of pyridine rings is 2. The molecule has 2 amide bonds. The number of anilines is 2. The molecule has 2 N–H and O–H groups in total. The standard InChI is InChI=1S/C23H29N7O2/c1-15-9-16(2)30(28-15)22-7-5-19(10-24-22)11-26-23(31)27-20-6-8-21(25-12-20)29-13-17(3)32-18(4)14-29/h5-10,12,17-18H,11,13-14H2,1-4H3,(H2,26,27,31)/t17-,18-/m1/s1. The van der Waals surface area contributed by atoms with Crippen LogP contribution in [0.3, 0.4) is 0 Å². The molecule has 0 bridgehead atoms. The van der Waals surface area contributed by atoms with Crippen LogP contribution >= 0.6 is 0 Å². The first kappa shape index (κ1) is 21.8. The summed E-state index contributed by atoms with van der Waals surface area (Å²) in [6, 6.07) is 9.31. The second-order valence-electron chi connectivity index (χ2n) is 8.24. The molecule has 0 unspecified atom stereocenters. The van der Waals surface area contributed by atoms with Crippen molar-refractivity contribution in [3.05, 3.63) is 59.7 Å². The molecule has 4 heterocycles. The van der Waals surface area contributed by atoms with Crippen molar-refractivity contribution in [3.63, 3.8) is 0 Å². The van der Waals surface area contributed by atoms with Gasteiger partial charge in [-0.3, -0.25) is 0 Å². The van der Waals surface area contributed by atoms with Gasteiger partial charge in [-0.15, -0.1) is 0 Å². The van der Waals surface area contributed by atoms with E-state index in [1.54, 1.807) is 17.1 Å². The number of carbonyl (C=O) groups excluding carboxylic acids is 1. The summed E-state index contributed by atoms with van der Waals surface area (Å²) in [6.45, 7) is 10.0. The van der Waals surface area contributed by atoms with Crippen molar-refractivity contribution in [1.29, 1.82) is 0 Å². The number of rotatable bonds is 5.